The Bertz CT molecular complexity index is 1220. The van der Waals surface area contributed by atoms with Gasteiger partial charge in [0.15, 0.2) is 0 Å². The van der Waals surface area contributed by atoms with Gasteiger partial charge in [0, 0.05) is 21.2 Å². The highest BCUT2D eigenvalue weighted by Crippen LogP contribution is 2.38. The first kappa shape index (κ1) is 21.1. The molecular formula is C20H14BrFN2O6. The van der Waals surface area contributed by atoms with E-state index < -0.39 is 45.8 Å². The maximum Gasteiger partial charge on any atom is 0.342 e. The van der Waals surface area contributed by atoms with Crippen LogP contribution in [-0.4, -0.2) is 27.1 Å². The fourth-order valence-corrected chi connectivity index (χ4v) is 3.27. The Kier molecular flexibility index (Phi) is 5.88. The van der Waals surface area contributed by atoms with Crippen LogP contribution in [0.25, 0.3) is 11.1 Å². The number of anilines is 1. The molecule has 154 valence electrons. The smallest absolute Gasteiger partial charge is 0.342 e. The predicted molar refractivity (Wildman–Crippen MR) is 109 cm³/mol. The molecule has 5 N–H and O–H groups in total. The summed E-state index contributed by atoms with van der Waals surface area (Å²) in [5, 5.41) is 19.2. The van der Waals surface area contributed by atoms with Crippen molar-refractivity contribution in [3.8, 4) is 16.9 Å². The van der Waals surface area contributed by atoms with E-state index in [4.69, 9.17) is 10.5 Å². The number of hydrogen-bond donors (Lipinski definition) is 4. The Morgan fingerprint density at radius 1 is 1.10 bits per heavy atom. The van der Waals surface area contributed by atoms with Crippen LogP contribution in [-0.2, 0) is 6.61 Å². The molecule has 0 unspecified atom stereocenters. The van der Waals surface area contributed by atoms with Crippen LogP contribution in [0.3, 0.4) is 0 Å². The molecule has 3 aromatic rings. The van der Waals surface area contributed by atoms with Gasteiger partial charge in [0.05, 0.1) is 0 Å². The molecule has 2 aromatic carbocycles. The Labute approximate surface area is 176 Å². The average Bonchev–Trinajstić information content (AvgIpc) is 2.66. The van der Waals surface area contributed by atoms with E-state index in [1.165, 1.54) is 30.3 Å². The number of carboxylic acids is 2. The van der Waals surface area contributed by atoms with Crippen molar-refractivity contribution in [1.29, 1.82) is 0 Å². The van der Waals surface area contributed by atoms with E-state index in [0.29, 0.717) is 4.47 Å². The third-order valence-electron chi connectivity index (χ3n) is 4.22. The lowest BCUT2D eigenvalue weighted by Gasteiger charge is -2.17. The largest absolute Gasteiger partial charge is 0.488 e. The standard InChI is InChI=1S/C20H14BrFN2O6/c21-10-5-6-13(30-8-9-3-1-2-4-12(9)22)11(7-10)14-15(19(26)27)17(23)24-18(25)16(14)20(28)29/h1-7H,8H2,(H,26,27)(H,28,29)(H3,23,24,25). The predicted octanol–water partition coefficient (Wildman–Crippen LogP) is 3.50. The van der Waals surface area contributed by atoms with Gasteiger partial charge in [-0.15, -0.1) is 0 Å². The Morgan fingerprint density at radius 2 is 1.77 bits per heavy atom. The Balaban J connectivity index is 2.25. The second-order valence-corrected chi connectivity index (χ2v) is 7.04. The molecule has 0 spiro atoms. The minimum absolute atomic E-state index is 0.00619. The first-order valence-electron chi connectivity index (χ1n) is 8.39. The Hall–Kier alpha value is -3.66. The van der Waals surface area contributed by atoms with Gasteiger partial charge in [0.2, 0.25) is 0 Å². The van der Waals surface area contributed by atoms with Crippen LogP contribution in [0.1, 0.15) is 26.3 Å². The van der Waals surface area contributed by atoms with E-state index in [1.54, 1.807) is 12.1 Å². The van der Waals surface area contributed by atoms with E-state index in [-0.39, 0.29) is 23.5 Å². The fourth-order valence-electron chi connectivity index (χ4n) is 2.91. The number of benzene rings is 2. The van der Waals surface area contributed by atoms with Crippen LogP contribution in [0, 0.1) is 5.82 Å². The van der Waals surface area contributed by atoms with Crippen molar-refractivity contribution >= 4 is 33.7 Å². The molecule has 0 bridgehead atoms. The third-order valence-corrected chi connectivity index (χ3v) is 4.72. The van der Waals surface area contributed by atoms with Crippen LogP contribution in [0.2, 0.25) is 0 Å². The first-order chi connectivity index (χ1) is 14.2. The van der Waals surface area contributed by atoms with E-state index in [0.717, 1.165) is 0 Å². The number of pyridine rings is 1. The van der Waals surface area contributed by atoms with Gasteiger partial charge in [-0.05, 0) is 24.3 Å². The summed E-state index contributed by atoms with van der Waals surface area (Å²) in [4.78, 5) is 37.9. The zero-order valence-electron chi connectivity index (χ0n) is 15.1. The molecule has 1 heterocycles. The maximum absolute atomic E-state index is 13.9. The molecular weight excluding hydrogens is 463 g/mol. The van der Waals surface area contributed by atoms with Gasteiger partial charge >= 0.3 is 11.9 Å². The number of aromatic nitrogens is 1. The topological polar surface area (TPSA) is 143 Å². The number of aromatic carboxylic acids is 2. The van der Waals surface area contributed by atoms with Gasteiger partial charge in [-0.1, -0.05) is 34.1 Å². The highest BCUT2D eigenvalue weighted by atomic mass is 79.9. The van der Waals surface area contributed by atoms with E-state index in [2.05, 4.69) is 15.9 Å². The van der Waals surface area contributed by atoms with Crippen molar-refractivity contribution in [2.75, 3.05) is 5.73 Å². The molecule has 0 aliphatic carbocycles. The third kappa shape index (κ3) is 4.03. The lowest BCUT2D eigenvalue weighted by Crippen LogP contribution is -2.24. The number of aromatic amines is 1. The molecule has 0 saturated heterocycles. The van der Waals surface area contributed by atoms with Gasteiger partial charge in [0.25, 0.3) is 5.56 Å². The number of carbonyl (C=O) groups is 2. The summed E-state index contributed by atoms with van der Waals surface area (Å²) in [6.45, 7) is -0.217. The molecule has 0 saturated carbocycles. The fraction of sp³-hybridized carbons (Fsp3) is 0.0500. The summed E-state index contributed by atoms with van der Waals surface area (Å²) >= 11 is 3.23. The second kappa shape index (κ2) is 8.37. The highest BCUT2D eigenvalue weighted by Gasteiger charge is 2.28. The van der Waals surface area contributed by atoms with Crippen molar-refractivity contribution in [3.63, 3.8) is 0 Å². The van der Waals surface area contributed by atoms with Crippen LogP contribution < -0.4 is 16.0 Å². The number of nitrogens with two attached hydrogens (primary N) is 1. The van der Waals surface area contributed by atoms with Crippen molar-refractivity contribution in [3.05, 3.63) is 79.8 Å². The molecule has 1 aromatic heterocycles. The summed E-state index contributed by atoms with van der Waals surface area (Å²) < 4.78 is 20.0. The molecule has 0 aliphatic rings. The number of nitrogens with one attached hydrogen (secondary N) is 1. The molecule has 0 atom stereocenters. The zero-order chi connectivity index (χ0) is 22.0. The van der Waals surface area contributed by atoms with Gasteiger partial charge in [-0.2, -0.15) is 0 Å². The molecule has 0 radical (unpaired) electrons. The van der Waals surface area contributed by atoms with Crippen molar-refractivity contribution in [2.24, 2.45) is 0 Å². The van der Waals surface area contributed by atoms with Crippen LogP contribution in [0.5, 0.6) is 5.75 Å². The molecule has 10 heteroatoms. The van der Waals surface area contributed by atoms with E-state index in [9.17, 15) is 29.0 Å². The van der Waals surface area contributed by atoms with Crippen LogP contribution >= 0.6 is 15.9 Å². The van der Waals surface area contributed by atoms with Crippen molar-refractivity contribution in [2.45, 2.75) is 6.61 Å². The van der Waals surface area contributed by atoms with Gasteiger partial charge < -0.3 is 25.7 Å². The average molecular weight is 477 g/mol. The zero-order valence-corrected chi connectivity index (χ0v) is 16.7. The number of hydrogen-bond acceptors (Lipinski definition) is 5. The summed E-state index contributed by atoms with van der Waals surface area (Å²) in [6, 6.07) is 10.3. The molecule has 0 fully saturated rings. The quantitative estimate of drug-likeness (QED) is 0.426. The SMILES string of the molecule is Nc1[nH]c(=O)c(C(=O)O)c(-c2cc(Br)ccc2OCc2ccccc2F)c1C(=O)O. The molecule has 30 heavy (non-hydrogen) atoms. The number of nitrogen functional groups attached to an aromatic ring is 1. The number of rotatable bonds is 6. The summed E-state index contributed by atoms with van der Waals surface area (Å²) in [5.41, 5.74) is 3.00. The van der Waals surface area contributed by atoms with Crippen molar-refractivity contribution < 1.29 is 28.9 Å². The molecule has 0 amide bonds. The van der Waals surface area contributed by atoms with E-state index >= 15 is 0 Å². The minimum atomic E-state index is -1.64. The summed E-state index contributed by atoms with van der Waals surface area (Å²) in [6.07, 6.45) is 0. The summed E-state index contributed by atoms with van der Waals surface area (Å²) in [5.74, 6) is -4.16. The maximum atomic E-state index is 13.9. The first-order valence-corrected chi connectivity index (χ1v) is 9.18. The normalized spacial score (nSPS) is 10.6. The summed E-state index contributed by atoms with van der Waals surface area (Å²) in [7, 11) is 0. The molecule has 8 nitrogen and oxygen atoms in total. The van der Waals surface area contributed by atoms with Crippen molar-refractivity contribution in [1.82, 2.24) is 4.98 Å². The number of carboxylic acid groups (broad SMARTS) is 2. The van der Waals surface area contributed by atoms with Gasteiger partial charge in [-0.25, -0.2) is 14.0 Å². The minimum Gasteiger partial charge on any atom is -0.488 e. The molecule has 3 rings (SSSR count). The number of H-pyrrole nitrogens is 1. The van der Waals surface area contributed by atoms with Crippen LogP contribution in [0.15, 0.2) is 51.7 Å². The van der Waals surface area contributed by atoms with Gasteiger partial charge in [0.1, 0.15) is 35.1 Å². The second-order valence-electron chi connectivity index (χ2n) is 6.12. The number of ether oxygens (including phenoxy) is 1. The lowest BCUT2D eigenvalue weighted by molar-refractivity contribution is 0.0695. The monoisotopic (exact) mass is 476 g/mol. The number of halogens is 2. The van der Waals surface area contributed by atoms with Gasteiger partial charge in [-0.3, -0.25) is 4.79 Å². The highest BCUT2D eigenvalue weighted by molar-refractivity contribution is 9.10. The Morgan fingerprint density at radius 3 is 2.40 bits per heavy atom. The lowest BCUT2D eigenvalue weighted by atomic mass is 9.94. The van der Waals surface area contributed by atoms with E-state index in [1.807, 2.05) is 4.98 Å². The molecule has 0 aliphatic heterocycles. The van der Waals surface area contributed by atoms with Crippen LogP contribution in [0.4, 0.5) is 10.2 Å².